The Bertz CT molecular complexity index is 534. The first kappa shape index (κ1) is 13.8. The van der Waals surface area contributed by atoms with E-state index in [9.17, 15) is 8.78 Å². The summed E-state index contributed by atoms with van der Waals surface area (Å²) in [7, 11) is 0. The van der Waals surface area contributed by atoms with Crippen LogP contribution < -0.4 is 4.74 Å². The van der Waals surface area contributed by atoms with Gasteiger partial charge in [-0.1, -0.05) is 12.1 Å². The summed E-state index contributed by atoms with van der Waals surface area (Å²) in [6.07, 6.45) is 0. The molecule has 0 fully saturated rings. The second-order valence-electron chi connectivity index (χ2n) is 4.07. The van der Waals surface area contributed by atoms with E-state index in [0.29, 0.717) is 12.2 Å². The van der Waals surface area contributed by atoms with Crippen LogP contribution in [0.4, 0.5) is 8.78 Å². The van der Waals surface area contributed by atoms with Crippen molar-refractivity contribution >= 4 is 11.6 Å². The van der Waals surface area contributed by atoms with Crippen LogP contribution in [0.3, 0.4) is 0 Å². The van der Waals surface area contributed by atoms with Gasteiger partial charge in [0.25, 0.3) is 0 Å². The van der Waals surface area contributed by atoms with Gasteiger partial charge in [-0.05, 0) is 42.3 Å². The minimum atomic E-state index is -0.633. The molecule has 0 amide bonds. The Balaban J connectivity index is 2.25. The number of ether oxygens (including phenoxy) is 1. The van der Waals surface area contributed by atoms with Crippen LogP contribution in [0.1, 0.15) is 23.4 Å². The van der Waals surface area contributed by atoms with Gasteiger partial charge in [0.1, 0.15) is 17.4 Å². The summed E-state index contributed by atoms with van der Waals surface area (Å²) >= 11 is 6.23. The highest BCUT2D eigenvalue weighted by Crippen LogP contribution is 2.30. The lowest BCUT2D eigenvalue weighted by Gasteiger charge is -2.11. The Morgan fingerprint density at radius 3 is 2.11 bits per heavy atom. The van der Waals surface area contributed by atoms with Crippen LogP contribution in [0.2, 0.25) is 0 Å². The molecule has 0 heterocycles. The fraction of sp³-hybridized carbons (Fsp3) is 0.200. The Kier molecular flexibility index (Phi) is 4.38. The molecular weight excluding hydrogens is 270 g/mol. The average Bonchev–Trinajstić information content (AvgIpc) is 2.38. The van der Waals surface area contributed by atoms with Gasteiger partial charge >= 0.3 is 0 Å². The molecule has 4 heteroatoms. The molecule has 0 N–H and O–H groups in total. The Hall–Kier alpha value is -1.61. The minimum Gasteiger partial charge on any atom is -0.494 e. The molecular formula is C15H13ClF2O. The van der Waals surface area contributed by atoms with Crippen molar-refractivity contribution in [3.8, 4) is 5.75 Å². The van der Waals surface area contributed by atoms with E-state index in [-0.39, 0.29) is 0 Å². The molecule has 0 aromatic heterocycles. The Morgan fingerprint density at radius 2 is 1.58 bits per heavy atom. The summed E-state index contributed by atoms with van der Waals surface area (Å²) in [4.78, 5) is 0. The van der Waals surface area contributed by atoms with E-state index < -0.39 is 17.0 Å². The molecule has 0 aliphatic heterocycles. The molecule has 2 rings (SSSR count). The maximum Gasteiger partial charge on any atom is 0.126 e. The summed E-state index contributed by atoms with van der Waals surface area (Å²) in [6.45, 7) is 2.48. The molecule has 0 saturated carbocycles. The van der Waals surface area contributed by atoms with E-state index in [4.69, 9.17) is 16.3 Å². The molecule has 2 aromatic carbocycles. The largest absolute Gasteiger partial charge is 0.494 e. The lowest BCUT2D eigenvalue weighted by atomic mass is 10.0. The van der Waals surface area contributed by atoms with Crippen LogP contribution in [-0.4, -0.2) is 6.61 Å². The Morgan fingerprint density at radius 1 is 1.00 bits per heavy atom. The number of alkyl halides is 1. The van der Waals surface area contributed by atoms with E-state index >= 15 is 0 Å². The SMILES string of the molecule is CCOc1ccc(C(Cl)c2cc(F)cc(F)c2)cc1. The molecule has 2 aromatic rings. The van der Waals surface area contributed by atoms with Crippen LogP contribution in [0, 0.1) is 11.6 Å². The monoisotopic (exact) mass is 282 g/mol. The zero-order chi connectivity index (χ0) is 13.8. The first-order valence-electron chi connectivity index (χ1n) is 5.93. The van der Waals surface area contributed by atoms with E-state index in [1.165, 1.54) is 12.1 Å². The maximum atomic E-state index is 13.1. The quantitative estimate of drug-likeness (QED) is 0.739. The predicted molar refractivity (Wildman–Crippen MR) is 71.7 cm³/mol. The molecule has 1 unspecified atom stereocenters. The highest BCUT2D eigenvalue weighted by Gasteiger charge is 2.13. The smallest absolute Gasteiger partial charge is 0.126 e. The van der Waals surface area contributed by atoms with Gasteiger partial charge in [-0.3, -0.25) is 0 Å². The third-order valence-corrected chi connectivity index (χ3v) is 3.17. The highest BCUT2D eigenvalue weighted by atomic mass is 35.5. The second kappa shape index (κ2) is 6.02. The fourth-order valence-electron chi connectivity index (χ4n) is 1.81. The van der Waals surface area contributed by atoms with Crippen LogP contribution in [0.15, 0.2) is 42.5 Å². The Labute approximate surface area is 115 Å². The number of halogens is 3. The van der Waals surface area contributed by atoms with Gasteiger partial charge in [-0.15, -0.1) is 11.6 Å². The lowest BCUT2D eigenvalue weighted by Crippen LogP contribution is -1.96. The van der Waals surface area contributed by atoms with Crippen molar-refractivity contribution in [1.29, 1.82) is 0 Å². The van der Waals surface area contributed by atoms with Gasteiger partial charge in [0, 0.05) is 6.07 Å². The maximum absolute atomic E-state index is 13.1. The van der Waals surface area contributed by atoms with Gasteiger partial charge in [0.15, 0.2) is 0 Å². The summed E-state index contributed by atoms with van der Waals surface area (Å²) in [6, 6.07) is 10.4. The molecule has 100 valence electrons. The standard InChI is InChI=1S/C15H13ClF2O/c1-2-19-14-5-3-10(4-6-14)15(16)11-7-12(17)9-13(18)8-11/h3-9,15H,2H2,1H3. The number of benzene rings is 2. The van der Waals surface area contributed by atoms with Crippen molar-refractivity contribution in [2.45, 2.75) is 12.3 Å². The highest BCUT2D eigenvalue weighted by molar-refractivity contribution is 6.22. The van der Waals surface area contributed by atoms with Gasteiger partial charge in [0.05, 0.1) is 12.0 Å². The van der Waals surface area contributed by atoms with Crippen molar-refractivity contribution in [3.05, 3.63) is 65.2 Å². The van der Waals surface area contributed by atoms with Gasteiger partial charge < -0.3 is 4.74 Å². The predicted octanol–water partition coefficient (Wildman–Crippen LogP) is 4.69. The molecule has 0 bridgehead atoms. The van der Waals surface area contributed by atoms with Gasteiger partial charge in [-0.2, -0.15) is 0 Å². The topological polar surface area (TPSA) is 9.23 Å². The number of rotatable bonds is 4. The molecule has 0 aliphatic rings. The molecule has 0 radical (unpaired) electrons. The van der Waals surface area contributed by atoms with Crippen LogP contribution in [-0.2, 0) is 0 Å². The van der Waals surface area contributed by atoms with Crippen LogP contribution >= 0.6 is 11.6 Å². The zero-order valence-electron chi connectivity index (χ0n) is 10.4. The normalized spacial score (nSPS) is 12.2. The second-order valence-corrected chi connectivity index (χ2v) is 4.50. The van der Waals surface area contributed by atoms with Crippen molar-refractivity contribution in [1.82, 2.24) is 0 Å². The zero-order valence-corrected chi connectivity index (χ0v) is 11.1. The average molecular weight is 283 g/mol. The summed E-state index contributed by atoms with van der Waals surface area (Å²) < 4.78 is 31.6. The number of hydrogen-bond acceptors (Lipinski definition) is 1. The molecule has 19 heavy (non-hydrogen) atoms. The minimum absolute atomic E-state index is 0.392. The van der Waals surface area contributed by atoms with E-state index in [1.54, 1.807) is 24.3 Å². The van der Waals surface area contributed by atoms with Crippen molar-refractivity contribution in [2.75, 3.05) is 6.61 Å². The van der Waals surface area contributed by atoms with Crippen molar-refractivity contribution in [2.24, 2.45) is 0 Å². The fourth-order valence-corrected chi connectivity index (χ4v) is 2.09. The van der Waals surface area contributed by atoms with Crippen molar-refractivity contribution in [3.63, 3.8) is 0 Å². The molecule has 0 aliphatic carbocycles. The molecule has 1 nitrogen and oxygen atoms in total. The summed E-state index contributed by atoms with van der Waals surface area (Å²) in [5, 5.41) is -0.596. The third kappa shape index (κ3) is 3.44. The summed E-state index contributed by atoms with van der Waals surface area (Å²) in [5.74, 6) is -0.529. The molecule has 1 atom stereocenters. The van der Waals surface area contributed by atoms with Crippen LogP contribution in [0.5, 0.6) is 5.75 Å². The van der Waals surface area contributed by atoms with Gasteiger partial charge in [-0.25, -0.2) is 8.78 Å². The van der Waals surface area contributed by atoms with E-state index in [1.807, 2.05) is 6.92 Å². The molecule has 0 saturated heterocycles. The van der Waals surface area contributed by atoms with Crippen molar-refractivity contribution < 1.29 is 13.5 Å². The van der Waals surface area contributed by atoms with Gasteiger partial charge in [0.2, 0.25) is 0 Å². The third-order valence-electron chi connectivity index (χ3n) is 2.66. The van der Waals surface area contributed by atoms with E-state index in [2.05, 4.69) is 0 Å². The van der Waals surface area contributed by atoms with E-state index in [0.717, 1.165) is 17.4 Å². The summed E-state index contributed by atoms with van der Waals surface area (Å²) in [5.41, 5.74) is 1.15. The number of hydrogen-bond donors (Lipinski definition) is 0. The molecule has 0 spiro atoms. The van der Waals surface area contributed by atoms with Crippen LogP contribution in [0.25, 0.3) is 0 Å². The first-order chi connectivity index (χ1) is 9.10. The first-order valence-corrected chi connectivity index (χ1v) is 6.36. The lowest BCUT2D eigenvalue weighted by molar-refractivity contribution is 0.340.